The van der Waals surface area contributed by atoms with Crippen molar-refractivity contribution in [3.63, 3.8) is 0 Å². The minimum Gasteiger partial charge on any atom is -0.347 e. The lowest BCUT2D eigenvalue weighted by Gasteiger charge is -2.10. The first-order valence-corrected chi connectivity index (χ1v) is 10.6. The van der Waals surface area contributed by atoms with Gasteiger partial charge >= 0.3 is 5.69 Å². The Kier molecular flexibility index (Phi) is 4.30. The van der Waals surface area contributed by atoms with E-state index in [0.29, 0.717) is 16.7 Å². The van der Waals surface area contributed by atoms with Crippen molar-refractivity contribution < 1.29 is 8.42 Å². The van der Waals surface area contributed by atoms with Crippen LogP contribution in [0.15, 0.2) is 58.4 Å². The average Bonchev–Trinajstić information content (AvgIpc) is 3.16. The highest BCUT2D eigenvalue weighted by Crippen LogP contribution is 2.24. The van der Waals surface area contributed by atoms with Gasteiger partial charge in [-0.25, -0.2) is 13.2 Å². The Labute approximate surface area is 162 Å². The molecule has 0 unspecified atom stereocenters. The van der Waals surface area contributed by atoms with Crippen LogP contribution < -0.4 is 10.4 Å². The second-order valence-electron chi connectivity index (χ2n) is 6.94. The highest BCUT2D eigenvalue weighted by atomic mass is 32.2. The fourth-order valence-corrected chi connectivity index (χ4v) is 4.64. The number of hydrogen-bond donors (Lipinski definition) is 1. The van der Waals surface area contributed by atoms with Crippen molar-refractivity contribution in [2.24, 2.45) is 14.1 Å². The maximum absolute atomic E-state index is 12.9. The third kappa shape index (κ3) is 2.90. The van der Waals surface area contributed by atoms with Crippen LogP contribution >= 0.6 is 0 Å². The molecule has 4 rings (SSSR count). The van der Waals surface area contributed by atoms with E-state index in [2.05, 4.69) is 16.2 Å². The molecule has 0 saturated carbocycles. The van der Waals surface area contributed by atoms with Crippen molar-refractivity contribution in [1.82, 2.24) is 13.7 Å². The van der Waals surface area contributed by atoms with Crippen LogP contribution in [0.3, 0.4) is 0 Å². The van der Waals surface area contributed by atoms with E-state index < -0.39 is 10.0 Å². The Morgan fingerprint density at radius 2 is 1.64 bits per heavy atom. The monoisotopic (exact) mass is 398 g/mol. The first-order valence-electron chi connectivity index (χ1n) is 9.09. The van der Waals surface area contributed by atoms with Crippen LogP contribution in [-0.4, -0.2) is 22.1 Å². The molecular weight excluding hydrogens is 376 g/mol. The molecule has 7 nitrogen and oxygen atoms in total. The number of aromatic nitrogens is 3. The van der Waals surface area contributed by atoms with Gasteiger partial charge in [-0.3, -0.25) is 13.9 Å². The number of anilines is 1. The summed E-state index contributed by atoms with van der Waals surface area (Å²) in [7, 11) is -0.487. The topological polar surface area (TPSA) is 78.0 Å². The van der Waals surface area contributed by atoms with Crippen LogP contribution in [-0.2, 0) is 30.7 Å². The third-order valence-corrected chi connectivity index (χ3v) is 6.42. The van der Waals surface area contributed by atoms with Gasteiger partial charge in [-0.15, -0.1) is 0 Å². The Balaban J connectivity index is 1.71. The quantitative estimate of drug-likeness (QED) is 0.561. The fraction of sp³-hybridized carbons (Fsp3) is 0.250. The number of benzene rings is 2. The number of rotatable bonds is 5. The van der Waals surface area contributed by atoms with E-state index in [1.807, 2.05) is 24.4 Å². The first kappa shape index (κ1) is 18.4. The molecule has 8 heteroatoms. The molecule has 0 aliphatic carbocycles. The number of nitrogens with zero attached hydrogens (tertiary/aromatic N) is 3. The summed E-state index contributed by atoms with van der Waals surface area (Å²) in [6, 6.07) is 12.2. The van der Waals surface area contributed by atoms with Crippen molar-refractivity contribution in [1.29, 1.82) is 0 Å². The fourth-order valence-electron chi connectivity index (χ4n) is 3.57. The maximum atomic E-state index is 12.9. The average molecular weight is 398 g/mol. The molecule has 0 radical (unpaired) electrons. The van der Waals surface area contributed by atoms with Crippen LogP contribution in [0.2, 0.25) is 0 Å². The lowest BCUT2D eigenvalue weighted by Crippen LogP contribution is -2.19. The predicted octanol–water partition coefficient (Wildman–Crippen LogP) is 3.04. The third-order valence-electron chi connectivity index (χ3n) is 5.04. The first-order chi connectivity index (χ1) is 13.3. The van der Waals surface area contributed by atoms with Gasteiger partial charge in [-0.1, -0.05) is 6.92 Å². The molecule has 0 bridgehead atoms. The van der Waals surface area contributed by atoms with Crippen LogP contribution in [0.1, 0.15) is 13.3 Å². The Morgan fingerprint density at radius 3 is 2.39 bits per heavy atom. The van der Waals surface area contributed by atoms with E-state index in [1.165, 1.54) is 21.3 Å². The molecule has 0 aliphatic heterocycles. The SMILES string of the molecule is CCCn1ccc2cc(NS(=O)(=O)c3ccc4c(c3)n(C)c(=O)n4C)ccc21. The van der Waals surface area contributed by atoms with Gasteiger partial charge in [0.25, 0.3) is 10.0 Å². The van der Waals surface area contributed by atoms with E-state index in [0.717, 1.165) is 23.9 Å². The van der Waals surface area contributed by atoms with Gasteiger partial charge in [0.05, 0.1) is 15.9 Å². The zero-order valence-corrected chi connectivity index (χ0v) is 16.8. The second kappa shape index (κ2) is 6.56. The molecule has 2 aromatic carbocycles. The predicted molar refractivity (Wildman–Crippen MR) is 111 cm³/mol. The molecule has 0 saturated heterocycles. The normalized spacial score (nSPS) is 12.1. The molecule has 2 aromatic heterocycles. The van der Waals surface area contributed by atoms with Crippen molar-refractivity contribution in [3.05, 3.63) is 59.1 Å². The van der Waals surface area contributed by atoms with Gasteiger partial charge in [-0.2, -0.15) is 0 Å². The molecule has 4 aromatic rings. The van der Waals surface area contributed by atoms with Gasteiger partial charge in [0.1, 0.15) is 0 Å². The molecule has 0 aliphatic rings. The molecule has 2 heterocycles. The highest BCUT2D eigenvalue weighted by Gasteiger charge is 2.18. The number of fused-ring (bicyclic) bond motifs is 2. The number of aryl methyl sites for hydroxylation is 3. The van der Waals surface area contributed by atoms with E-state index in [1.54, 1.807) is 26.2 Å². The Morgan fingerprint density at radius 1 is 0.929 bits per heavy atom. The minimum atomic E-state index is -3.78. The molecule has 0 atom stereocenters. The summed E-state index contributed by atoms with van der Waals surface area (Å²) in [5.41, 5.74) is 2.64. The minimum absolute atomic E-state index is 0.116. The molecular formula is C20H22N4O3S. The molecule has 28 heavy (non-hydrogen) atoms. The van der Waals surface area contributed by atoms with E-state index in [9.17, 15) is 13.2 Å². The summed E-state index contributed by atoms with van der Waals surface area (Å²) < 4.78 is 33.5. The van der Waals surface area contributed by atoms with Gasteiger partial charge < -0.3 is 4.57 Å². The van der Waals surface area contributed by atoms with Crippen LogP contribution in [0.25, 0.3) is 21.9 Å². The van der Waals surface area contributed by atoms with Crippen LogP contribution in [0.4, 0.5) is 5.69 Å². The summed E-state index contributed by atoms with van der Waals surface area (Å²) in [5, 5.41) is 0.981. The zero-order chi connectivity index (χ0) is 20.1. The summed E-state index contributed by atoms with van der Waals surface area (Å²) >= 11 is 0. The van der Waals surface area contributed by atoms with Crippen molar-refractivity contribution in [3.8, 4) is 0 Å². The highest BCUT2D eigenvalue weighted by molar-refractivity contribution is 7.92. The molecule has 0 spiro atoms. The summed E-state index contributed by atoms with van der Waals surface area (Å²) in [5.74, 6) is 0. The summed E-state index contributed by atoms with van der Waals surface area (Å²) in [6.07, 6.45) is 3.04. The van der Waals surface area contributed by atoms with Crippen molar-refractivity contribution in [2.45, 2.75) is 24.8 Å². The van der Waals surface area contributed by atoms with E-state index in [-0.39, 0.29) is 10.6 Å². The summed E-state index contributed by atoms with van der Waals surface area (Å²) in [4.78, 5) is 12.2. The van der Waals surface area contributed by atoms with Gasteiger partial charge in [0.15, 0.2) is 0 Å². The van der Waals surface area contributed by atoms with Crippen LogP contribution in [0, 0.1) is 0 Å². The maximum Gasteiger partial charge on any atom is 0.328 e. The lowest BCUT2D eigenvalue weighted by molar-refractivity contribution is 0.601. The van der Waals surface area contributed by atoms with E-state index in [4.69, 9.17) is 0 Å². The van der Waals surface area contributed by atoms with Gasteiger partial charge in [0, 0.05) is 43.4 Å². The Hall–Kier alpha value is -3.00. The number of hydrogen-bond acceptors (Lipinski definition) is 3. The second-order valence-corrected chi connectivity index (χ2v) is 8.62. The lowest BCUT2D eigenvalue weighted by atomic mass is 10.2. The van der Waals surface area contributed by atoms with Crippen LogP contribution in [0.5, 0.6) is 0 Å². The van der Waals surface area contributed by atoms with Gasteiger partial charge in [-0.05, 0) is 48.9 Å². The number of imidazole rings is 1. The smallest absolute Gasteiger partial charge is 0.328 e. The van der Waals surface area contributed by atoms with Crippen molar-refractivity contribution in [2.75, 3.05) is 4.72 Å². The summed E-state index contributed by atoms with van der Waals surface area (Å²) in [6.45, 7) is 3.04. The Bertz CT molecular complexity index is 1360. The zero-order valence-electron chi connectivity index (χ0n) is 16.0. The van der Waals surface area contributed by atoms with Gasteiger partial charge in [0.2, 0.25) is 0 Å². The molecule has 0 amide bonds. The van der Waals surface area contributed by atoms with Crippen molar-refractivity contribution >= 4 is 37.6 Å². The largest absolute Gasteiger partial charge is 0.347 e. The standard InChI is InChI=1S/C20H22N4O3S/c1-4-10-24-11-9-14-12-15(5-7-17(14)24)21-28(26,27)16-6-8-18-19(13-16)23(3)20(25)22(18)2/h5-9,11-13,21H,4,10H2,1-3H3. The molecule has 0 fully saturated rings. The number of sulfonamides is 1. The van der Waals surface area contributed by atoms with E-state index >= 15 is 0 Å². The molecule has 146 valence electrons. The number of nitrogens with one attached hydrogen (secondary N) is 1. The molecule has 1 N–H and O–H groups in total.